The van der Waals surface area contributed by atoms with E-state index in [1.807, 2.05) is 42.5 Å². The zero-order valence-corrected chi connectivity index (χ0v) is 23.0. The molecule has 8 nitrogen and oxygen atoms in total. The number of benzene rings is 1. The maximum absolute atomic E-state index is 13.5. The quantitative estimate of drug-likeness (QED) is 0.222. The van der Waals surface area contributed by atoms with Gasteiger partial charge in [0.25, 0.3) is 11.7 Å². The second kappa shape index (κ2) is 11.8. The summed E-state index contributed by atoms with van der Waals surface area (Å²) in [6.07, 6.45) is 2.71. The average molecular weight is 519 g/mol. The summed E-state index contributed by atoms with van der Waals surface area (Å²) < 4.78 is 7.74. The lowest BCUT2D eigenvalue weighted by molar-refractivity contribution is -0.140. The van der Waals surface area contributed by atoms with E-state index < -0.39 is 17.7 Å². The highest BCUT2D eigenvalue weighted by Crippen LogP contribution is 2.40. The Bertz CT molecular complexity index is 1340. The van der Waals surface area contributed by atoms with Crippen LogP contribution in [0.2, 0.25) is 0 Å². The molecular weight excluding hydrogens is 480 g/mol. The van der Waals surface area contributed by atoms with Crippen LogP contribution in [0, 0.1) is 12.8 Å². The van der Waals surface area contributed by atoms with Crippen molar-refractivity contribution in [2.24, 2.45) is 5.92 Å². The van der Waals surface area contributed by atoms with Gasteiger partial charge in [-0.1, -0.05) is 45.9 Å². The van der Waals surface area contributed by atoms with Crippen molar-refractivity contribution in [3.05, 3.63) is 71.2 Å². The van der Waals surface area contributed by atoms with Crippen LogP contribution in [0.1, 0.15) is 57.1 Å². The molecule has 2 aromatic heterocycles. The van der Waals surface area contributed by atoms with Gasteiger partial charge in [-0.2, -0.15) is 0 Å². The normalized spacial score (nSPS) is 17.3. The van der Waals surface area contributed by atoms with Gasteiger partial charge in [-0.25, -0.2) is 4.98 Å². The Morgan fingerprint density at radius 3 is 2.61 bits per heavy atom. The number of ketones is 1. The van der Waals surface area contributed by atoms with Gasteiger partial charge in [0.2, 0.25) is 0 Å². The van der Waals surface area contributed by atoms with Crippen molar-refractivity contribution in [1.29, 1.82) is 0 Å². The molecule has 38 heavy (non-hydrogen) atoms. The minimum absolute atomic E-state index is 0.0719. The lowest BCUT2D eigenvalue weighted by Gasteiger charge is -2.28. The Balaban J connectivity index is 1.82. The van der Waals surface area contributed by atoms with Crippen molar-refractivity contribution >= 4 is 23.1 Å². The number of aryl methyl sites for hydroxylation is 1. The average Bonchev–Trinajstić information content (AvgIpc) is 3.37. The molecule has 1 aliphatic rings. The highest BCUT2D eigenvalue weighted by Gasteiger charge is 2.46. The largest absolute Gasteiger partial charge is 0.505 e. The fraction of sp³-hybridized carbons (Fsp3) is 0.433. The summed E-state index contributed by atoms with van der Waals surface area (Å²) in [5, 5.41) is 11.6. The second-order valence-corrected chi connectivity index (χ2v) is 10.1. The first-order chi connectivity index (χ1) is 18.3. The molecule has 0 bridgehead atoms. The zero-order valence-electron chi connectivity index (χ0n) is 23.0. The smallest absolute Gasteiger partial charge is 0.295 e. The number of aliphatic hydroxyl groups is 1. The molecule has 1 N–H and O–H groups in total. The van der Waals surface area contributed by atoms with Gasteiger partial charge >= 0.3 is 0 Å². The summed E-state index contributed by atoms with van der Waals surface area (Å²) in [5.74, 6) is -0.340. The van der Waals surface area contributed by atoms with Gasteiger partial charge in [0.1, 0.15) is 17.1 Å². The number of likely N-dealkylation sites (tertiary alicyclic amines) is 1. The number of hydrogen-bond acceptors (Lipinski definition) is 6. The molecule has 202 valence electrons. The lowest BCUT2D eigenvalue weighted by Crippen LogP contribution is -2.38. The second-order valence-electron chi connectivity index (χ2n) is 10.1. The molecule has 0 radical (unpaired) electrons. The van der Waals surface area contributed by atoms with Crippen molar-refractivity contribution < 1.29 is 19.4 Å². The molecule has 1 atom stereocenters. The maximum Gasteiger partial charge on any atom is 0.295 e. The third kappa shape index (κ3) is 5.45. The Morgan fingerprint density at radius 1 is 1.13 bits per heavy atom. The molecule has 3 heterocycles. The van der Waals surface area contributed by atoms with Crippen molar-refractivity contribution in [2.75, 3.05) is 32.8 Å². The molecule has 0 aliphatic carbocycles. The molecule has 4 rings (SSSR count). The van der Waals surface area contributed by atoms with Gasteiger partial charge in [-0.15, -0.1) is 0 Å². The maximum atomic E-state index is 13.5. The third-order valence-electron chi connectivity index (χ3n) is 7.16. The molecule has 0 saturated carbocycles. The zero-order chi connectivity index (χ0) is 27.4. The number of amides is 1. The van der Waals surface area contributed by atoms with Gasteiger partial charge in [0.15, 0.2) is 5.76 Å². The molecule has 1 unspecified atom stereocenters. The van der Waals surface area contributed by atoms with Crippen LogP contribution < -0.4 is 4.74 Å². The molecule has 1 aromatic carbocycles. The number of aliphatic hydroxyl groups excluding tert-OH is 1. The number of imidazole rings is 1. The highest BCUT2D eigenvalue weighted by molar-refractivity contribution is 6.46. The van der Waals surface area contributed by atoms with Gasteiger partial charge in [-0.05, 0) is 62.2 Å². The van der Waals surface area contributed by atoms with E-state index in [1.165, 1.54) is 0 Å². The van der Waals surface area contributed by atoms with E-state index in [1.54, 1.807) is 22.4 Å². The van der Waals surface area contributed by atoms with E-state index in [4.69, 9.17) is 4.74 Å². The van der Waals surface area contributed by atoms with Crippen LogP contribution in [0.5, 0.6) is 5.75 Å². The minimum Gasteiger partial charge on any atom is -0.505 e. The molecule has 1 saturated heterocycles. The summed E-state index contributed by atoms with van der Waals surface area (Å²) in [6, 6.07) is 12.3. The monoisotopic (exact) mass is 518 g/mol. The van der Waals surface area contributed by atoms with Crippen LogP contribution in [-0.2, 0) is 9.59 Å². The number of nitrogens with zero attached hydrogens (tertiary/aromatic N) is 4. The van der Waals surface area contributed by atoms with Gasteiger partial charge < -0.3 is 19.6 Å². The topological polar surface area (TPSA) is 87.4 Å². The van der Waals surface area contributed by atoms with Crippen molar-refractivity contribution in [3.8, 4) is 5.75 Å². The van der Waals surface area contributed by atoms with Crippen LogP contribution in [0.3, 0.4) is 0 Å². The van der Waals surface area contributed by atoms with Gasteiger partial charge in [0.05, 0.1) is 23.9 Å². The number of aromatic nitrogens is 2. The summed E-state index contributed by atoms with van der Waals surface area (Å²) in [7, 11) is 0. The van der Waals surface area contributed by atoms with Gasteiger partial charge in [-0.3, -0.25) is 14.0 Å². The van der Waals surface area contributed by atoms with Crippen molar-refractivity contribution in [1.82, 2.24) is 19.2 Å². The highest BCUT2D eigenvalue weighted by atomic mass is 16.5. The van der Waals surface area contributed by atoms with Gasteiger partial charge in [0, 0.05) is 19.3 Å². The predicted octanol–water partition coefficient (Wildman–Crippen LogP) is 4.83. The Morgan fingerprint density at radius 2 is 1.89 bits per heavy atom. The first kappa shape index (κ1) is 27.4. The summed E-state index contributed by atoms with van der Waals surface area (Å²) in [5.41, 5.74) is 2.44. The molecule has 0 spiro atoms. The first-order valence-electron chi connectivity index (χ1n) is 13.4. The van der Waals surface area contributed by atoms with E-state index in [0.29, 0.717) is 48.4 Å². The third-order valence-corrected chi connectivity index (χ3v) is 7.16. The van der Waals surface area contributed by atoms with Crippen molar-refractivity contribution in [3.63, 3.8) is 0 Å². The van der Waals surface area contributed by atoms with Crippen LogP contribution in [-0.4, -0.2) is 68.8 Å². The fourth-order valence-corrected chi connectivity index (χ4v) is 4.96. The molecule has 8 heteroatoms. The molecular formula is C30H38N4O4. The van der Waals surface area contributed by atoms with E-state index in [9.17, 15) is 14.7 Å². The lowest BCUT2D eigenvalue weighted by atomic mass is 9.96. The predicted molar refractivity (Wildman–Crippen MR) is 148 cm³/mol. The number of rotatable bonds is 11. The summed E-state index contributed by atoms with van der Waals surface area (Å²) in [6.45, 7) is 13.4. The SMILES string of the molecule is CCN(CC)CCN1C(=O)C(=O)/C(=C(/O)c2c(C)nc3ccccn23)C1c1cccc(OCCC(C)C)c1. The fourth-order valence-electron chi connectivity index (χ4n) is 4.96. The molecule has 1 fully saturated rings. The number of hydrogen-bond donors (Lipinski definition) is 1. The van der Waals surface area contributed by atoms with Crippen LogP contribution in [0.25, 0.3) is 11.4 Å². The van der Waals surface area contributed by atoms with Crippen LogP contribution >= 0.6 is 0 Å². The number of carbonyl (C=O) groups excluding carboxylic acids is 2. The molecule has 1 amide bonds. The standard InChI is InChI=1S/C30H38N4O4/c1-6-32(7-2)16-17-34-27(22-11-10-12-23(19-22)38-18-14-20(3)4)25(29(36)30(34)37)28(35)26-21(5)31-24-13-8-9-15-33(24)26/h8-13,15,19-20,27,35H,6-7,14,16-18H2,1-5H3/b28-25+. The van der Waals surface area contributed by atoms with E-state index in [-0.39, 0.29) is 11.3 Å². The minimum atomic E-state index is -0.743. The number of pyridine rings is 1. The Hall–Kier alpha value is -3.65. The van der Waals surface area contributed by atoms with Crippen LogP contribution in [0.15, 0.2) is 54.2 Å². The Labute approximate surface area is 224 Å². The molecule has 1 aliphatic heterocycles. The van der Waals surface area contributed by atoms with Crippen molar-refractivity contribution in [2.45, 2.75) is 47.1 Å². The van der Waals surface area contributed by atoms with E-state index in [2.05, 4.69) is 37.6 Å². The Kier molecular flexibility index (Phi) is 8.52. The number of fused-ring (bicyclic) bond motifs is 1. The molecule has 3 aromatic rings. The van der Waals surface area contributed by atoms with E-state index in [0.717, 1.165) is 25.1 Å². The number of ether oxygens (including phenoxy) is 1. The number of Topliss-reactive ketones (excluding diaryl/α,β-unsaturated/α-hetero) is 1. The number of carbonyl (C=O) groups is 2. The number of likely N-dealkylation sites (N-methyl/N-ethyl adjacent to an activating group) is 1. The summed E-state index contributed by atoms with van der Waals surface area (Å²) in [4.78, 5) is 35.2. The first-order valence-corrected chi connectivity index (χ1v) is 13.4. The summed E-state index contributed by atoms with van der Waals surface area (Å²) >= 11 is 0. The van der Waals surface area contributed by atoms with Crippen LogP contribution in [0.4, 0.5) is 0 Å². The van der Waals surface area contributed by atoms with E-state index >= 15 is 0 Å².